The van der Waals surface area contributed by atoms with Crippen LogP contribution in [0.4, 0.5) is 0 Å². The van der Waals surface area contributed by atoms with Crippen molar-refractivity contribution < 1.29 is 14.3 Å². The highest BCUT2D eigenvalue weighted by molar-refractivity contribution is 6.09. The van der Waals surface area contributed by atoms with Crippen molar-refractivity contribution in [1.29, 1.82) is 0 Å². The molecule has 4 nitrogen and oxygen atoms in total. The van der Waals surface area contributed by atoms with E-state index in [0.29, 0.717) is 5.56 Å². The average molecular weight is 305 g/mol. The van der Waals surface area contributed by atoms with Gasteiger partial charge in [-0.3, -0.25) is 4.79 Å². The van der Waals surface area contributed by atoms with Gasteiger partial charge in [0.1, 0.15) is 0 Å². The molecule has 114 valence electrons. The van der Waals surface area contributed by atoms with E-state index in [9.17, 15) is 9.59 Å². The predicted octanol–water partition coefficient (Wildman–Crippen LogP) is 3.61. The van der Waals surface area contributed by atoms with Gasteiger partial charge in [0.05, 0.1) is 0 Å². The Labute approximate surface area is 133 Å². The summed E-state index contributed by atoms with van der Waals surface area (Å²) in [5.41, 5.74) is 2.30. The smallest absolute Gasteiger partial charge is 0.331 e. The van der Waals surface area contributed by atoms with Crippen LogP contribution in [0, 0.1) is 0 Å². The predicted molar refractivity (Wildman–Crippen MR) is 89.1 cm³/mol. The maximum Gasteiger partial charge on any atom is 0.331 e. The van der Waals surface area contributed by atoms with Gasteiger partial charge in [0.2, 0.25) is 5.78 Å². The number of aromatic nitrogens is 1. The third-order valence-corrected chi connectivity index (χ3v) is 3.45. The number of esters is 1. The number of ether oxygens (including phenoxy) is 1. The number of rotatable bonds is 5. The Bertz CT molecular complexity index is 862. The molecular weight excluding hydrogens is 290 g/mol. The van der Waals surface area contributed by atoms with Crippen LogP contribution >= 0.6 is 0 Å². The molecule has 3 rings (SSSR count). The molecule has 2 aromatic carbocycles. The van der Waals surface area contributed by atoms with Crippen LogP contribution < -0.4 is 0 Å². The number of aromatic amines is 1. The van der Waals surface area contributed by atoms with Crippen LogP contribution in [-0.4, -0.2) is 23.3 Å². The summed E-state index contributed by atoms with van der Waals surface area (Å²) in [5.74, 6) is -0.772. The molecule has 0 bridgehead atoms. The molecule has 0 saturated heterocycles. The molecule has 0 radical (unpaired) electrons. The number of hydrogen-bond acceptors (Lipinski definition) is 3. The molecule has 0 atom stereocenters. The SMILES string of the molecule is O=C(/C=C/c1ccccc1)OCC(=O)c1c[nH]c2ccccc12. The molecule has 1 aromatic heterocycles. The van der Waals surface area contributed by atoms with Crippen LogP contribution in [-0.2, 0) is 9.53 Å². The third-order valence-electron chi connectivity index (χ3n) is 3.45. The van der Waals surface area contributed by atoms with Crippen molar-refractivity contribution in [3.8, 4) is 0 Å². The van der Waals surface area contributed by atoms with Crippen LogP contribution in [0.2, 0.25) is 0 Å². The van der Waals surface area contributed by atoms with Crippen molar-refractivity contribution in [2.75, 3.05) is 6.61 Å². The Morgan fingerprint density at radius 3 is 2.57 bits per heavy atom. The minimum atomic E-state index is -0.540. The molecule has 4 heteroatoms. The average Bonchev–Trinajstić information content (AvgIpc) is 3.03. The zero-order valence-corrected chi connectivity index (χ0v) is 12.4. The number of hydrogen-bond donors (Lipinski definition) is 1. The van der Waals surface area contributed by atoms with Crippen LogP contribution in [0.25, 0.3) is 17.0 Å². The number of H-pyrrole nitrogens is 1. The van der Waals surface area contributed by atoms with Crippen LogP contribution in [0.15, 0.2) is 66.9 Å². The second-order valence-corrected chi connectivity index (χ2v) is 5.02. The molecule has 0 fully saturated rings. The number of carbonyl (C=O) groups excluding carboxylic acids is 2. The Morgan fingerprint density at radius 2 is 1.74 bits per heavy atom. The van der Waals surface area contributed by atoms with Crippen LogP contribution in [0.1, 0.15) is 15.9 Å². The number of benzene rings is 2. The third kappa shape index (κ3) is 3.55. The largest absolute Gasteiger partial charge is 0.454 e. The van der Waals surface area contributed by atoms with Crippen molar-refractivity contribution in [1.82, 2.24) is 4.98 Å². The monoisotopic (exact) mass is 305 g/mol. The molecule has 1 N–H and O–H groups in total. The summed E-state index contributed by atoms with van der Waals surface area (Å²) in [7, 11) is 0. The fourth-order valence-corrected chi connectivity index (χ4v) is 2.29. The van der Waals surface area contributed by atoms with E-state index in [1.165, 1.54) is 6.08 Å². The van der Waals surface area contributed by atoms with E-state index in [2.05, 4.69) is 4.98 Å². The van der Waals surface area contributed by atoms with Crippen molar-refractivity contribution in [3.63, 3.8) is 0 Å². The molecule has 0 aliphatic rings. The minimum absolute atomic E-state index is 0.232. The summed E-state index contributed by atoms with van der Waals surface area (Å²) < 4.78 is 5.01. The summed E-state index contributed by atoms with van der Waals surface area (Å²) in [6, 6.07) is 16.9. The highest BCUT2D eigenvalue weighted by atomic mass is 16.5. The first kappa shape index (κ1) is 14.8. The molecule has 3 aromatic rings. The van der Waals surface area contributed by atoms with Gasteiger partial charge < -0.3 is 9.72 Å². The Balaban J connectivity index is 1.61. The maximum atomic E-state index is 12.2. The zero-order chi connectivity index (χ0) is 16.1. The molecule has 0 aliphatic carbocycles. The summed E-state index contributed by atoms with van der Waals surface area (Å²) in [4.78, 5) is 26.9. The van der Waals surface area contributed by atoms with Gasteiger partial charge in [0.25, 0.3) is 0 Å². The van der Waals surface area contributed by atoms with Crippen molar-refractivity contribution in [2.24, 2.45) is 0 Å². The van der Waals surface area contributed by atoms with E-state index in [4.69, 9.17) is 4.74 Å². The van der Waals surface area contributed by atoms with Crippen LogP contribution in [0.3, 0.4) is 0 Å². The molecular formula is C19H15NO3. The van der Waals surface area contributed by atoms with Crippen molar-refractivity contribution in [3.05, 3.63) is 78.0 Å². The first-order valence-corrected chi connectivity index (χ1v) is 7.23. The Hall–Kier alpha value is -3.14. The lowest BCUT2D eigenvalue weighted by Crippen LogP contribution is -2.12. The second kappa shape index (κ2) is 6.75. The van der Waals surface area contributed by atoms with Gasteiger partial charge in [-0.1, -0.05) is 48.5 Å². The van der Waals surface area contributed by atoms with E-state index in [1.54, 1.807) is 12.3 Å². The number of Topliss-reactive ketones (excluding diaryl/α,β-unsaturated/α-hetero) is 1. The Morgan fingerprint density at radius 1 is 1.00 bits per heavy atom. The van der Waals surface area contributed by atoms with E-state index < -0.39 is 5.97 Å². The normalized spacial score (nSPS) is 11.0. The number of carbonyl (C=O) groups is 2. The standard InChI is InChI=1S/C19H15NO3/c21-18(16-12-20-17-9-5-4-8-15(16)17)13-23-19(22)11-10-14-6-2-1-3-7-14/h1-12,20H,13H2/b11-10+. The van der Waals surface area contributed by atoms with Gasteiger partial charge in [0.15, 0.2) is 6.61 Å². The number of para-hydroxylation sites is 1. The molecule has 0 unspecified atom stereocenters. The molecule has 0 amide bonds. The lowest BCUT2D eigenvalue weighted by molar-refractivity contribution is -0.136. The minimum Gasteiger partial charge on any atom is -0.454 e. The number of ketones is 1. The van der Waals surface area contributed by atoms with Gasteiger partial charge in [-0.15, -0.1) is 0 Å². The van der Waals surface area contributed by atoms with Gasteiger partial charge in [-0.05, 0) is 17.7 Å². The number of nitrogens with one attached hydrogen (secondary N) is 1. The molecule has 0 aliphatic heterocycles. The zero-order valence-electron chi connectivity index (χ0n) is 12.4. The van der Waals surface area contributed by atoms with Gasteiger partial charge in [0, 0.05) is 28.7 Å². The first-order valence-electron chi connectivity index (χ1n) is 7.23. The number of fused-ring (bicyclic) bond motifs is 1. The van der Waals surface area contributed by atoms with Gasteiger partial charge >= 0.3 is 5.97 Å². The lowest BCUT2D eigenvalue weighted by Gasteiger charge is -2.01. The highest BCUT2D eigenvalue weighted by Crippen LogP contribution is 2.18. The lowest BCUT2D eigenvalue weighted by atomic mass is 10.1. The second-order valence-electron chi connectivity index (χ2n) is 5.02. The summed E-state index contributed by atoms with van der Waals surface area (Å²) in [6.07, 6.45) is 4.61. The summed E-state index contributed by atoms with van der Waals surface area (Å²) >= 11 is 0. The topological polar surface area (TPSA) is 59.2 Å². The van der Waals surface area contributed by atoms with Crippen LogP contribution in [0.5, 0.6) is 0 Å². The fourth-order valence-electron chi connectivity index (χ4n) is 2.29. The highest BCUT2D eigenvalue weighted by Gasteiger charge is 2.13. The van der Waals surface area contributed by atoms with E-state index in [1.807, 2.05) is 54.6 Å². The van der Waals surface area contributed by atoms with Crippen molar-refractivity contribution >= 4 is 28.7 Å². The van der Waals surface area contributed by atoms with E-state index in [-0.39, 0.29) is 12.4 Å². The Kier molecular flexibility index (Phi) is 4.34. The van der Waals surface area contributed by atoms with Crippen molar-refractivity contribution in [2.45, 2.75) is 0 Å². The van der Waals surface area contributed by atoms with Gasteiger partial charge in [-0.2, -0.15) is 0 Å². The first-order chi connectivity index (χ1) is 11.2. The molecule has 23 heavy (non-hydrogen) atoms. The quantitative estimate of drug-likeness (QED) is 0.445. The van der Waals surface area contributed by atoms with Gasteiger partial charge in [-0.25, -0.2) is 4.79 Å². The van der Waals surface area contributed by atoms with E-state index in [0.717, 1.165) is 16.5 Å². The molecule has 0 saturated carbocycles. The summed E-state index contributed by atoms with van der Waals surface area (Å²) in [6.45, 7) is -0.278. The van der Waals surface area contributed by atoms with E-state index >= 15 is 0 Å². The maximum absolute atomic E-state index is 12.2. The summed E-state index contributed by atoms with van der Waals surface area (Å²) in [5, 5.41) is 0.827. The fraction of sp³-hybridized carbons (Fsp3) is 0.0526. The molecule has 0 spiro atoms. The molecule has 1 heterocycles.